The van der Waals surface area contributed by atoms with Gasteiger partial charge in [0, 0.05) is 41.9 Å². The number of nitriles is 1. The second-order valence-corrected chi connectivity index (χ2v) is 8.29. The minimum absolute atomic E-state index is 0.0690. The van der Waals surface area contributed by atoms with Crippen molar-refractivity contribution < 1.29 is 4.79 Å². The number of aryl methyl sites for hydroxylation is 1. The molecular weight excluding hydrogens is 376 g/mol. The molecule has 0 aliphatic heterocycles. The lowest BCUT2D eigenvalue weighted by molar-refractivity contribution is -0.117. The number of anilines is 2. The summed E-state index contributed by atoms with van der Waals surface area (Å²) in [4.78, 5) is 25.9. The maximum atomic E-state index is 12.5. The Morgan fingerprint density at radius 1 is 1.33 bits per heavy atom. The van der Waals surface area contributed by atoms with Crippen LogP contribution in [-0.2, 0) is 4.79 Å². The van der Waals surface area contributed by atoms with Gasteiger partial charge in [0.25, 0.3) is 0 Å². The number of nitrogens with two attached hydrogens (primary N) is 1. The van der Waals surface area contributed by atoms with Gasteiger partial charge in [0.05, 0.1) is 11.8 Å². The number of fused-ring (bicyclic) bond motifs is 1. The van der Waals surface area contributed by atoms with Crippen molar-refractivity contribution in [3.63, 3.8) is 0 Å². The summed E-state index contributed by atoms with van der Waals surface area (Å²) in [5.41, 5.74) is 10.4. The fourth-order valence-corrected chi connectivity index (χ4v) is 4.15. The first-order valence-corrected chi connectivity index (χ1v) is 10.2. The van der Waals surface area contributed by atoms with E-state index in [4.69, 9.17) is 16.0 Å². The van der Waals surface area contributed by atoms with Crippen LogP contribution in [0.25, 0.3) is 22.0 Å². The summed E-state index contributed by atoms with van der Waals surface area (Å²) in [6, 6.07) is 6.02. The molecule has 7 nitrogen and oxygen atoms in total. The molecule has 2 atom stereocenters. The molecule has 5 rings (SSSR count). The van der Waals surface area contributed by atoms with Crippen molar-refractivity contribution in [2.75, 3.05) is 11.1 Å². The molecular formula is C23H22N6O. The predicted octanol–water partition coefficient (Wildman–Crippen LogP) is 3.95. The summed E-state index contributed by atoms with van der Waals surface area (Å²) < 4.78 is 0. The molecule has 0 saturated heterocycles. The third-order valence-electron chi connectivity index (χ3n) is 6.10. The number of nitrogen functional groups attached to an aromatic ring is 1. The maximum absolute atomic E-state index is 12.5. The van der Waals surface area contributed by atoms with Gasteiger partial charge in [-0.25, -0.2) is 9.97 Å². The van der Waals surface area contributed by atoms with Gasteiger partial charge >= 0.3 is 0 Å². The minimum Gasteiger partial charge on any atom is -0.383 e. The van der Waals surface area contributed by atoms with Gasteiger partial charge in [-0.15, -0.1) is 0 Å². The van der Waals surface area contributed by atoms with E-state index >= 15 is 0 Å². The summed E-state index contributed by atoms with van der Waals surface area (Å²) in [6.45, 7) is 2.04. The van der Waals surface area contributed by atoms with E-state index in [1.54, 1.807) is 12.4 Å². The summed E-state index contributed by atoms with van der Waals surface area (Å²) in [5, 5.41) is 13.5. The lowest BCUT2D eigenvalue weighted by Gasteiger charge is -2.16. The molecule has 0 aromatic carbocycles. The molecule has 2 aliphatic carbocycles. The standard InChI is InChI=1S/C23H22N6O/c1-12-5-7-26-10-17(12)21-20(13-2-3-13)16-9-19(27-11-18(16)22(25)29-21)28-23(30)15-8-14(15)4-6-24/h5,7,9-11,13-15H,2-4,8H2,1H3,(H2,25,29)(H,27,28,30)/t14-,15-/m1/s1. The van der Waals surface area contributed by atoms with E-state index in [1.807, 2.05) is 25.3 Å². The van der Waals surface area contributed by atoms with E-state index < -0.39 is 0 Å². The molecule has 2 aliphatic rings. The number of nitrogens with one attached hydrogen (secondary N) is 1. The van der Waals surface area contributed by atoms with E-state index in [0.29, 0.717) is 24.0 Å². The van der Waals surface area contributed by atoms with Gasteiger partial charge in [-0.2, -0.15) is 5.26 Å². The zero-order chi connectivity index (χ0) is 20.8. The van der Waals surface area contributed by atoms with Crippen molar-refractivity contribution in [2.24, 2.45) is 11.8 Å². The number of hydrogen-bond donors (Lipinski definition) is 2. The van der Waals surface area contributed by atoms with Crippen molar-refractivity contribution in [2.45, 2.75) is 38.5 Å². The van der Waals surface area contributed by atoms with Crippen LogP contribution in [0.4, 0.5) is 11.6 Å². The van der Waals surface area contributed by atoms with Crippen molar-refractivity contribution >= 4 is 28.3 Å². The Morgan fingerprint density at radius 3 is 2.90 bits per heavy atom. The van der Waals surface area contributed by atoms with Gasteiger partial charge in [-0.05, 0) is 66.7 Å². The number of aromatic nitrogens is 3. The normalized spacial score (nSPS) is 20.0. The first-order valence-electron chi connectivity index (χ1n) is 10.2. The topological polar surface area (TPSA) is 118 Å². The number of rotatable bonds is 5. The Kier molecular flexibility index (Phi) is 4.35. The van der Waals surface area contributed by atoms with E-state index in [0.717, 1.165) is 52.4 Å². The molecule has 0 unspecified atom stereocenters. The molecule has 0 bridgehead atoms. The Balaban J connectivity index is 1.57. The highest BCUT2D eigenvalue weighted by Crippen LogP contribution is 2.48. The number of hydrogen-bond acceptors (Lipinski definition) is 6. The van der Waals surface area contributed by atoms with Crippen LogP contribution in [0.2, 0.25) is 0 Å². The van der Waals surface area contributed by atoms with Gasteiger partial charge in [0.15, 0.2) is 0 Å². The molecule has 150 valence electrons. The van der Waals surface area contributed by atoms with Gasteiger partial charge in [0.1, 0.15) is 11.6 Å². The number of carbonyl (C=O) groups is 1. The number of carbonyl (C=O) groups excluding carboxylic acids is 1. The van der Waals surface area contributed by atoms with E-state index in [9.17, 15) is 4.79 Å². The molecule has 3 aromatic rings. The zero-order valence-corrected chi connectivity index (χ0v) is 16.7. The Morgan fingerprint density at radius 2 is 2.17 bits per heavy atom. The lowest BCUT2D eigenvalue weighted by atomic mass is 9.95. The predicted molar refractivity (Wildman–Crippen MR) is 114 cm³/mol. The highest BCUT2D eigenvalue weighted by atomic mass is 16.2. The van der Waals surface area contributed by atoms with Crippen molar-refractivity contribution in [3.8, 4) is 17.3 Å². The monoisotopic (exact) mass is 398 g/mol. The second kappa shape index (κ2) is 7.06. The first-order chi connectivity index (χ1) is 14.6. The van der Waals surface area contributed by atoms with Crippen LogP contribution in [0.5, 0.6) is 0 Å². The van der Waals surface area contributed by atoms with Crippen LogP contribution in [0, 0.1) is 30.1 Å². The van der Waals surface area contributed by atoms with Crippen LogP contribution >= 0.6 is 0 Å². The largest absolute Gasteiger partial charge is 0.383 e. The van der Waals surface area contributed by atoms with Crippen molar-refractivity contribution in [3.05, 3.63) is 41.9 Å². The summed E-state index contributed by atoms with van der Waals surface area (Å²) in [6.07, 6.45) is 8.70. The lowest BCUT2D eigenvalue weighted by Crippen LogP contribution is -2.15. The summed E-state index contributed by atoms with van der Waals surface area (Å²) in [5.74, 6) is 1.36. The third-order valence-corrected chi connectivity index (χ3v) is 6.10. The molecule has 7 heteroatoms. The summed E-state index contributed by atoms with van der Waals surface area (Å²) in [7, 11) is 0. The van der Waals surface area contributed by atoms with Crippen LogP contribution in [-0.4, -0.2) is 20.9 Å². The molecule has 0 radical (unpaired) electrons. The second-order valence-electron chi connectivity index (χ2n) is 8.29. The molecule has 2 fully saturated rings. The van der Waals surface area contributed by atoms with E-state index in [2.05, 4.69) is 21.4 Å². The molecule has 30 heavy (non-hydrogen) atoms. The van der Waals surface area contributed by atoms with E-state index in [-0.39, 0.29) is 17.7 Å². The average Bonchev–Trinajstić information content (AvgIpc) is 3.64. The maximum Gasteiger partial charge on any atom is 0.228 e. The van der Waals surface area contributed by atoms with Crippen LogP contribution in [0.15, 0.2) is 30.7 Å². The molecule has 1 amide bonds. The quantitative estimate of drug-likeness (QED) is 0.672. The Bertz CT molecular complexity index is 1210. The van der Waals surface area contributed by atoms with Gasteiger partial charge in [0.2, 0.25) is 5.91 Å². The smallest absolute Gasteiger partial charge is 0.228 e. The van der Waals surface area contributed by atoms with E-state index in [1.165, 1.54) is 0 Å². The van der Waals surface area contributed by atoms with Crippen LogP contribution < -0.4 is 11.1 Å². The van der Waals surface area contributed by atoms with Crippen LogP contribution in [0.1, 0.15) is 42.7 Å². The molecule has 0 spiro atoms. The molecule has 2 saturated carbocycles. The SMILES string of the molecule is Cc1ccncc1-c1nc(N)c2cnc(NC(=O)[C@@H]3C[C@H]3CC#N)cc2c1C1CC1. The Labute approximate surface area is 174 Å². The van der Waals surface area contributed by atoms with Gasteiger partial charge in [-0.1, -0.05) is 0 Å². The Hall–Kier alpha value is -3.53. The molecule has 3 heterocycles. The van der Waals surface area contributed by atoms with Gasteiger partial charge in [-0.3, -0.25) is 9.78 Å². The number of nitrogens with zero attached hydrogens (tertiary/aromatic N) is 4. The molecule has 3 aromatic heterocycles. The minimum atomic E-state index is -0.0961. The highest BCUT2D eigenvalue weighted by molar-refractivity contribution is 6.01. The van der Waals surface area contributed by atoms with Gasteiger partial charge < -0.3 is 11.1 Å². The fraction of sp³-hybridized carbons (Fsp3) is 0.348. The zero-order valence-electron chi connectivity index (χ0n) is 16.7. The fourth-order valence-electron chi connectivity index (χ4n) is 4.15. The van der Waals surface area contributed by atoms with Crippen molar-refractivity contribution in [1.29, 1.82) is 5.26 Å². The molecule has 3 N–H and O–H groups in total. The first kappa shape index (κ1) is 18.5. The van der Waals surface area contributed by atoms with Crippen LogP contribution in [0.3, 0.4) is 0 Å². The summed E-state index contributed by atoms with van der Waals surface area (Å²) >= 11 is 0. The number of pyridine rings is 3. The highest BCUT2D eigenvalue weighted by Gasteiger charge is 2.42. The number of amides is 1. The average molecular weight is 398 g/mol. The van der Waals surface area contributed by atoms with Crippen molar-refractivity contribution in [1.82, 2.24) is 15.0 Å². The third kappa shape index (κ3) is 3.24.